The van der Waals surface area contributed by atoms with Crippen LogP contribution < -0.4 is 5.32 Å². The van der Waals surface area contributed by atoms with Crippen LogP contribution in [-0.2, 0) is 9.59 Å². The summed E-state index contributed by atoms with van der Waals surface area (Å²) in [6.45, 7) is 2.37. The molecule has 0 saturated carbocycles. The minimum absolute atomic E-state index is 0.0425. The number of amides is 2. The zero-order valence-corrected chi connectivity index (χ0v) is 12.1. The Bertz CT molecular complexity index is 577. The van der Waals surface area contributed by atoms with E-state index in [4.69, 9.17) is 5.26 Å². The van der Waals surface area contributed by atoms with Gasteiger partial charge in [-0.15, -0.1) is 0 Å². The first-order chi connectivity index (χ1) is 10.1. The Balaban J connectivity index is 2.04. The number of rotatable bonds is 3. The molecule has 0 aromatic heterocycles. The number of benzene rings is 1. The van der Waals surface area contributed by atoms with Gasteiger partial charge in [-0.2, -0.15) is 5.26 Å². The summed E-state index contributed by atoms with van der Waals surface area (Å²) >= 11 is 0. The van der Waals surface area contributed by atoms with Gasteiger partial charge in [0.2, 0.25) is 11.8 Å². The number of hydrogen-bond acceptors (Lipinski definition) is 3. The number of anilines is 1. The Kier molecular flexibility index (Phi) is 4.94. The van der Waals surface area contributed by atoms with Gasteiger partial charge in [-0.05, 0) is 38.0 Å². The maximum atomic E-state index is 12.3. The van der Waals surface area contributed by atoms with Crippen molar-refractivity contribution in [3.63, 3.8) is 0 Å². The van der Waals surface area contributed by atoms with Crippen LogP contribution in [0.2, 0.25) is 0 Å². The number of nitrogens with zero attached hydrogens (tertiary/aromatic N) is 2. The zero-order chi connectivity index (χ0) is 15.2. The van der Waals surface area contributed by atoms with E-state index in [2.05, 4.69) is 5.32 Å². The molecule has 0 aliphatic carbocycles. The van der Waals surface area contributed by atoms with Crippen LogP contribution in [0.3, 0.4) is 0 Å². The molecule has 1 fully saturated rings. The number of hydrogen-bond donors (Lipinski definition) is 1. The second-order valence-electron chi connectivity index (χ2n) is 5.26. The minimum atomic E-state index is -0.499. The number of carbonyl (C=O) groups is 2. The van der Waals surface area contributed by atoms with E-state index in [0.717, 1.165) is 19.3 Å². The first-order valence-corrected chi connectivity index (χ1v) is 7.22. The average molecular weight is 285 g/mol. The van der Waals surface area contributed by atoms with E-state index in [0.29, 0.717) is 24.2 Å². The van der Waals surface area contributed by atoms with Gasteiger partial charge in [0, 0.05) is 18.7 Å². The molecule has 0 radical (unpaired) electrons. The fourth-order valence-electron chi connectivity index (χ4n) is 2.47. The molecule has 1 aromatic rings. The van der Waals surface area contributed by atoms with E-state index in [1.54, 1.807) is 36.1 Å². The molecular formula is C16H19N3O2. The van der Waals surface area contributed by atoms with Crippen LogP contribution in [0.15, 0.2) is 24.3 Å². The molecule has 1 heterocycles. The second-order valence-corrected chi connectivity index (χ2v) is 5.26. The Morgan fingerprint density at radius 3 is 2.95 bits per heavy atom. The van der Waals surface area contributed by atoms with Gasteiger partial charge in [0.15, 0.2) is 0 Å². The molecule has 110 valence electrons. The van der Waals surface area contributed by atoms with Gasteiger partial charge in [0.25, 0.3) is 0 Å². The molecule has 0 bridgehead atoms. The molecule has 0 spiro atoms. The molecule has 2 rings (SSSR count). The lowest BCUT2D eigenvalue weighted by Gasteiger charge is -2.27. The third kappa shape index (κ3) is 3.82. The summed E-state index contributed by atoms with van der Waals surface area (Å²) in [5, 5.41) is 11.6. The van der Waals surface area contributed by atoms with E-state index in [1.807, 2.05) is 6.07 Å². The monoisotopic (exact) mass is 285 g/mol. The molecule has 1 saturated heterocycles. The van der Waals surface area contributed by atoms with Gasteiger partial charge in [0.05, 0.1) is 11.6 Å². The van der Waals surface area contributed by atoms with Crippen molar-refractivity contribution < 1.29 is 9.59 Å². The van der Waals surface area contributed by atoms with Gasteiger partial charge >= 0.3 is 0 Å². The third-order valence-electron chi connectivity index (χ3n) is 3.72. The number of nitrogens with one attached hydrogen (secondary N) is 1. The van der Waals surface area contributed by atoms with E-state index in [-0.39, 0.29) is 11.8 Å². The lowest BCUT2D eigenvalue weighted by Crippen LogP contribution is -2.45. The van der Waals surface area contributed by atoms with E-state index in [9.17, 15) is 9.59 Å². The van der Waals surface area contributed by atoms with Crippen LogP contribution >= 0.6 is 0 Å². The number of likely N-dealkylation sites (tertiary alicyclic amines) is 1. The van der Waals surface area contributed by atoms with Gasteiger partial charge in [-0.25, -0.2) is 0 Å². The molecule has 1 unspecified atom stereocenters. The average Bonchev–Trinajstić information content (AvgIpc) is 2.71. The van der Waals surface area contributed by atoms with Gasteiger partial charge in [-0.1, -0.05) is 12.5 Å². The Morgan fingerprint density at radius 1 is 1.38 bits per heavy atom. The van der Waals surface area contributed by atoms with Crippen molar-refractivity contribution in [1.29, 1.82) is 5.26 Å². The fraction of sp³-hybridized carbons (Fsp3) is 0.438. The number of nitriles is 1. The van der Waals surface area contributed by atoms with Gasteiger partial charge in [0.1, 0.15) is 6.04 Å². The smallest absolute Gasteiger partial charge is 0.246 e. The largest absolute Gasteiger partial charge is 0.331 e. The van der Waals surface area contributed by atoms with Crippen LogP contribution in [0.5, 0.6) is 0 Å². The summed E-state index contributed by atoms with van der Waals surface area (Å²) < 4.78 is 0. The van der Waals surface area contributed by atoms with Crippen LogP contribution in [-0.4, -0.2) is 29.3 Å². The Labute approximate surface area is 124 Å². The van der Waals surface area contributed by atoms with Crippen molar-refractivity contribution in [3.05, 3.63) is 29.8 Å². The summed E-state index contributed by atoms with van der Waals surface area (Å²) in [5.74, 6) is -0.179. The molecule has 1 atom stereocenters. The molecule has 21 heavy (non-hydrogen) atoms. The lowest BCUT2D eigenvalue weighted by atomic mass is 10.2. The SMILES string of the molecule is CC(C(=O)Nc1cccc(C#N)c1)N1CCCCCC1=O. The molecule has 1 N–H and O–H groups in total. The molecule has 5 nitrogen and oxygen atoms in total. The molecule has 5 heteroatoms. The second kappa shape index (κ2) is 6.89. The topological polar surface area (TPSA) is 73.2 Å². The van der Waals surface area contributed by atoms with E-state index >= 15 is 0 Å². The van der Waals surface area contributed by atoms with Crippen molar-refractivity contribution in [3.8, 4) is 6.07 Å². The van der Waals surface area contributed by atoms with E-state index < -0.39 is 6.04 Å². The number of carbonyl (C=O) groups excluding carboxylic acids is 2. The standard InChI is InChI=1S/C16H19N3O2/c1-12(19-9-4-2-3-8-15(19)20)16(21)18-14-7-5-6-13(10-14)11-17/h5-7,10,12H,2-4,8-9H2,1H3,(H,18,21). The zero-order valence-electron chi connectivity index (χ0n) is 12.1. The first-order valence-electron chi connectivity index (χ1n) is 7.22. The van der Waals surface area contributed by atoms with Crippen molar-refractivity contribution >= 4 is 17.5 Å². The minimum Gasteiger partial charge on any atom is -0.331 e. The quantitative estimate of drug-likeness (QED) is 0.926. The highest BCUT2D eigenvalue weighted by Crippen LogP contribution is 2.16. The van der Waals surface area contributed by atoms with Crippen molar-refractivity contribution in [2.24, 2.45) is 0 Å². The lowest BCUT2D eigenvalue weighted by molar-refractivity contribution is -0.137. The summed E-state index contributed by atoms with van der Waals surface area (Å²) in [5.41, 5.74) is 1.07. The summed E-state index contributed by atoms with van der Waals surface area (Å²) in [6.07, 6.45) is 3.38. The molecule has 1 aromatic carbocycles. The first kappa shape index (κ1) is 15.0. The molecular weight excluding hydrogens is 266 g/mol. The summed E-state index contributed by atoms with van der Waals surface area (Å²) in [4.78, 5) is 25.9. The molecule has 1 aliphatic heterocycles. The van der Waals surface area contributed by atoms with Crippen molar-refractivity contribution in [2.75, 3.05) is 11.9 Å². The predicted octanol–water partition coefficient (Wildman–Crippen LogP) is 2.29. The van der Waals surface area contributed by atoms with Crippen molar-refractivity contribution in [1.82, 2.24) is 4.90 Å². The highest BCUT2D eigenvalue weighted by molar-refractivity contribution is 5.97. The van der Waals surface area contributed by atoms with Crippen LogP contribution in [0.1, 0.15) is 38.2 Å². The maximum Gasteiger partial charge on any atom is 0.246 e. The fourth-order valence-corrected chi connectivity index (χ4v) is 2.47. The van der Waals surface area contributed by atoms with E-state index in [1.165, 1.54) is 0 Å². The molecule has 2 amide bonds. The predicted molar refractivity (Wildman–Crippen MR) is 79.4 cm³/mol. The molecule has 1 aliphatic rings. The van der Waals surface area contributed by atoms with Gasteiger partial charge in [-0.3, -0.25) is 9.59 Å². The van der Waals surface area contributed by atoms with Crippen molar-refractivity contribution in [2.45, 2.75) is 38.6 Å². The van der Waals surface area contributed by atoms with Gasteiger partial charge < -0.3 is 10.2 Å². The highest BCUT2D eigenvalue weighted by Gasteiger charge is 2.26. The Hall–Kier alpha value is -2.35. The third-order valence-corrected chi connectivity index (χ3v) is 3.72. The summed E-state index contributed by atoms with van der Waals surface area (Å²) in [6, 6.07) is 8.28. The van der Waals surface area contributed by atoms with Crippen LogP contribution in [0.25, 0.3) is 0 Å². The summed E-state index contributed by atoms with van der Waals surface area (Å²) in [7, 11) is 0. The van der Waals surface area contributed by atoms with Crippen LogP contribution in [0, 0.1) is 11.3 Å². The normalized spacial score (nSPS) is 16.8. The Morgan fingerprint density at radius 2 is 2.19 bits per heavy atom. The maximum absolute atomic E-state index is 12.3. The van der Waals surface area contributed by atoms with Crippen LogP contribution in [0.4, 0.5) is 5.69 Å². The highest BCUT2D eigenvalue weighted by atomic mass is 16.2.